The number of hydrazone groups is 1. The van der Waals surface area contributed by atoms with E-state index < -0.39 is 11.9 Å². The van der Waals surface area contributed by atoms with Gasteiger partial charge in [-0.3, -0.25) is 24.4 Å². The van der Waals surface area contributed by atoms with Gasteiger partial charge in [-0.1, -0.05) is 24.3 Å². The maximum absolute atomic E-state index is 13.0. The highest BCUT2D eigenvalue weighted by Gasteiger charge is 2.37. The molecule has 1 unspecified atom stereocenters. The van der Waals surface area contributed by atoms with Crippen LogP contribution in [-0.4, -0.2) is 70.4 Å². The first-order valence-corrected chi connectivity index (χ1v) is 10.2. The lowest BCUT2D eigenvalue weighted by Gasteiger charge is -2.34. The molecule has 3 amide bonds. The summed E-state index contributed by atoms with van der Waals surface area (Å²) in [5, 5.41) is 5.93. The van der Waals surface area contributed by atoms with Gasteiger partial charge in [-0.25, -0.2) is 0 Å². The van der Waals surface area contributed by atoms with E-state index in [1.165, 1.54) is 5.01 Å². The maximum atomic E-state index is 13.0. The quantitative estimate of drug-likeness (QED) is 0.753. The van der Waals surface area contributed by atoms with Gasteiger partial charge in [0, 0.05) is 44.5 Å². The van der Waals surface area contributed by atoms with Crippen molar-refractivity contribution in [1.82, 2.24) is 14.8 Å². The molecule has 0 spiro atoms. The van der Waals surface area contributed by atoms with Crippen molar-refractivity contribution in [2.75, 3.05) is 31.2 Å². The first-order valence-electron chi connectivity index (χ1n) is 10.2. The molecule has 9 heteroatoms. The van der Waals surface area contributed by atoms with E-state index in [1.54, 1.807) is 16.0 Å². The Bertz CT molecular complexity index is 987. The minimum atomic E-state index is -0.692. The summed E-state index contributed by atoms with van der Waals surface area (Å²) in [6.07, 6.45) is 2.08. The number of benzene rings is 1. The summed E-state index contributed by atoms with van der Waals surface area (Å²) in [5.41, 5.74) is 7.29. The molecule has 2 aliphatic heterocycles. The summed E-state index contributed by atoms with van der Waals surface area (Å²) in [6.45, 7) is 1.73. The van der Waals surface area contributed by atoms with Crippen LogP contribution in [0.25, 0.3) is 0 Å². The monoisotopic (exact) mass is 420 g/mol. The van der Waals surface area contributed by atoms with Crippen molar-refractivity contribution >= 4 is 29.1 Å². The molecule has 160 valence electrons. The Hall–Kier alpha value is -3.75. The Kier molecular flexibility index (Phi) is 5.92. The standard InChI is InChI=1S/C22H24N6O3/c23-21(30)19-15-18(25-28(19)17-7-2-1-3-8-17)22(31)27-12-10-26(11-13-27)20(29)14-16-6-4-5-9-24-16/h1-9,19H,10-15H2,(H2,23,30). The zero-order valence-corrected chi connectivity index (χ0v) is 17.1. The van der Waals surface area contributed by atoms with Crippen molar-refractivity contribution in [1.29, 1.82) is 0 Å². The third-order valence-electron chi connectivity index (χ3n) is 5.48. The zero-order chi connectivity index (χ0) is 21.8. The normalized spacial score (nSPS) is 18.6. The molecule has 0 radical (unpaired) electrons. The predicted molar refractivity (Wildman–Crippen MR) is 115 cm³/mol. The van der Waals surface area contributed by atoms with Crippen LogP contribution in [0.5, 0.6) is 0 Å². The summed E-state index contributed by atoms with van der Waals surface area (Å²) in [4.78, 5) is 45.1. The Morgan fingerprint density at radius 2 is 1.61 bits per heavy atom. The van der Waals surface area contributed by atoms with Crippen molar-refractivity contribution in [2.24, 2.45) is 10.8 Å². The summed E-state index contributed by atoms with van der Waals surface area (Å²) in [5.74, 6) is -0.755. The molecular formula is C22H24N6O3. The fourth-order valence-corrected chi connectivity index (χ4v) is 3.79. The molecular weight excluding hydrogens is 396 g/mol. The second-order valence-corrected chi connectivity index (χ2v) is 7.52. The fraction of sp³-hybridized carbons (Fsp3) is 0.318. The number of nitrogens with two attached hydrogens (primary N) is 1. The molecule has 31 heavy (non-hydrogen) atoms. The minimum Gasteiger partial charge on any atom is -0.368 e. The van der Waals surface area contributed by atoms with E-state index in [0.717, 1.165) is 5.69 Å². The van der Waals surface area contributed by atoms with E-state index in [9.17, 15) is 14.4 Å². The van der Waals surface area contributed by atoms with Gasteiger partial charge in [0.05, 0.1) is 12.1 Å². The summed E-state index contributed by atoms with van der Waals surface area (Å²) in [7, 11) is 0. The van der Waals surface area contributed by atoms with Crippen LogP contribution < -0.4 is 10.7 Å². The van der Waals surface area contributed by atoms with Crippen molar-refractivity contribution in [3.63, 3.8) is 0 Å². The molecule has 0 saturated carbocycles. The van der Waals surface area contributed by atoms with Gasteiger partial charge in [0.15, 0.2) is 0 Å². The van der Waals surface area contributed by atoms with Crippen LogP contribution in [0.3, 0.4) is 0 Å². The Morgan fingerprint density at radius 3 is 2.26 bits per heavy atom. The molecule has 1 atom stereocenters. The number of anilines is 1. The highest BCUT2D eigenvalue weighted by molar-refractivity contribution is 6.40. The Labute approximate surface area is 180 Å². The topological polar surface area (TPSA) is 112 Å². The van der Waals surface area contributed by atoms with Crippen LogP contribution in [-0.2, 0) is 20.8 Å². The summed E-state index contributed by atoms with van der Waals surface area (Å²) >= 11 is 0. The summed E-state index contributed by atoms with van der Waals surface area (Å²) < 4.78 is 0. The second kappa shape index (κ2) is 8.95. The lowest BCUT2D eigenvalue weighted by Crippen LogP contribution is -2.52. The highest BCUT2D eigenvalue weighted by Crippen LogP contribution is 2.25. The average molecular weight is 420 g/mol. The van der Waals surface area contributed by atoms with Gasteiger partial charge in [-0.15, -0.1) is 0 Å². The van der Waals surface area contributed by atoms with Crippen LogP contribution in [0.1, 0.15) is 12.1 Å². The molecule has 2 N–H and O–H groups in total. The number of primary amides is 1. The van der Waals surface area contributed by atoms with Crippen molar-refractivity contribution in [2.45, 2.75) is 18.9 Å². The number of hydrogen-bond donors (Lipinski definition) is 1. The van der Waals surface area contributed by atoms with Gasteiger partial charge in [-0.2, -0.15) is 5.10 Å². The van der Waals surface area contributed by atoms with Gasteiger partial charge in [0.25, 0.3) is 5.91 Å². The maximum Gasteiger partial charge on any atom is 0.270 e. The van der Waals surface area contributed by atoms with Crippen molar-refractivity contribution < 1.29 is 14.4 Å². The number of nitrogens with zero attached hydrogens (tertiary/aromatic N) is 5. The van der Waals surface area contributed by atoms with Gasteiger partial charge in [0.1, 0.15) is 11.8 Å². The molecule has 2 aromatic rings. The molecule has 1 aromatic carbocycles. The number of aromatic nitrogens is 1. The second-order valence-electron chi connectivity index (χ2n) is 7.52. The predicted octanol–water partition coefficient (Wildman–Crippen LogP) is 0.415. The molecule has 0 bridgehead atoms. The van der Waals surface area contributed by atoms with Crippen LogP contribution in [0.15, 0.2) is 59.8 Å². The SMILES string of the molecule is NC(=O)C1CC(C(=O)N2CCN(C(=O)Cc3ccccn3)CC2)=NN1c1ccccc1. The largest absolute Gasteiger partial charge is 0.368 e. The molecule has 3 heterocycles. The van der Waals surface area contributed by atoms with E-state index >= 15 is 0 Å². The molecule has 9 nitrogen and oxygen atoms in total. The number of pyridine rings is 1. The van der Waals surface area contributed by atoms with E-state index in [4.69, 9.17) is 5.73 Å². The van der Waals surface area contributed by atoms with Crippen molar-refractivity contribution in [3.8, 4) is 0 Å². The average Bonchev–Trinajstić information content (AvgIpc) is 3.26. The number of amides is 3. The number of rotatable bonds is 5. The first-order chi connectivity index (χ1) is 15.0. The number of carbonyl (C=O) groups is 3. The number of piperazine rings is 1. The molecule has 4 rings (SSSR count). The Balaban J connectivity index is 1.38. The number of carbonyl (C=O) groups excluding carboxylic acids is 3. The van der Waals surface area contributed by atoms with E-state index in [0.29, 0.717) is 37.6 Å². The number of hydrogen-bond acceptors (Lipinski definition) is 6. The fourth-order valence-electron chi connectivity index (χ4n) is 3.79. The van der Waals surface area contributed by atoms with Crippen LogP contribution in [0.4, 0.5) is 5.69 Å². The van der Waals surface area contributed by atoms with Gasteiger partial charge in [0.2, 0.25) is 11.8 Å². The van der Waals surface area contributed by atoms with Crippen LogP contribution in [0.2, 0.25) is 0 Å². The third kappa shape index (κ3) is 4.55. The molecule has 2 aliphatic rings. The molecule has 0 aliphatic carbocycles. The van der Waals surface area contributed by atoms with Crippen LogP contribution in [0, 0.1) is 0 Å². The van der Waals surface area contributed by atoms with E-state index in [1.807, 2.05) is 48.5 Å². The van der Waals surface area contributed by atoms with E-state index in [2.05, 4.69) is 10.1 Å². The van der Waals surface area contributed by atoms with Gasteiger partial charge in [-0.05, 0) is 24.3 Å². The Morgan fingerprint density at radius 1 is 0.935 bits per heavy atom. The lowest BCUT2D eigenvalue weighted by molar-refractivity contribution is -0.136. The van der Waals surface area contributed by atoms with Crippen LogP contribution >= 0.6 is 0 Å². The smallest absolute Gasteiger partial charge is 0.270 e. The highest BCUT2D eigenvalue weighted by atomic mass is 16.2. The lowest BCUT2D eigenvalue weighted by atomic mass is 10.1. The minimum absolute atomic E-state index is 0.00643. The number of para-hydroxylation sites is 1. The first kappa shape index (κ1) is 20.5. The zero-order valence-electron chi connectivity index (χ0n) is 17.1. The molecule has 1 saturated heterocycles. The molecule has 1 aromatic heterocycles. The molecule has 1 fully saturated rings. The van der Waals surface area contributed by atoms with Gasteiger partial charge >= 0.3 is 0 Å². The van der Waals surface area contributed by atoms with Gasteiger partial charge < -0.3 is 15.5 Å². The third-order valence-corrected chi connectivity index (χ3v) is 5.48. The van der Waals surface area contributed by atoms with Crippen molar-refractivity contribution in [3.05, 3.63) is 60.4 Å². The summed E-state index contributed by atoms with van der Waals surface area (Å²) in [6, 6.07) is 14.0. The van der Waals surface area contributed by atoms with E-state index in [-0.39, 0.29) is 24.7 Å².